The van der Waals surface area contributed by atoms with Gasteiger partial charge in [-0.3, -0.25) is 4.79 Å². The van der Waals surface area contributed by atoms with E-state index in [2.05, 4.69) is 26.7 Å². The number of nitrogens with zero attached hydrogens (tertiary/aromatic N) is 1. The number of aromatic nitrogens is 2. The number of carbonyl (C=O) groups is 1. The highest BCUT2D eigenvalue weighted by atomic mass is 32.1. The van der Waals surface area contributed by atoms with Gasteiger partial charge in [0, 0.05) is 53.8 Å². The van der Waals surface area contributed by atoms with Crippen molar-refractivity contribution in [2.75, 3.05) is 6.54 Å². The molecule has 1 aliphatic rings. The summed E-state index contributed by atoms with van der Waals surface area (Å²) in [4.78, 5) is 20.2. The third-order valence-electron chi connectivity index (χ3n) is 3.50. The van der Waals surface area contributed by atoms with Crippen LogP contribution in [0.3, 0.4) is 0 Å². The van der Waals surface area contributed by atoms with Gasteiger partial charge in [-0.25, -0.2) is 4.98 Å². The maximum Gasteiger partial charge on any atom is 0.158 e. The fourth-order valence-corrected chi connectivity index (χ4v) is 3.35. The Morgan fingerprint density at radius 2 is 2.40 bits per heavy atom. The molecule has 0 radical (unpaired) electrons. The molecule has 3 rings (SSSR count). The molecule has 2 heterocycles. The molecule has 0 fully saturated rings. The molecule has 104 valence electrons. The zero-order chi connectivity index (χ0) is 13.8. The van der Waals surface area contributed by atoms with Crippen LogP contribution in [-0.4, -0.2) is 22.3 Å². The number of thiophene rings is 1. The molecule has 2 aromatic rings. The lowest BCUT2D eigenvalue weighted by Gasteiger charge is -2.22. The van der Waals surface area contributed by atoms with Gasteiger partial charge >= 0.3 is 0 Å². The van der Waals surface area contributed by atoms with Crippen molar-refractivity contribution in [1.29, 1.82) is 0 Å². The number of ketones is 1. The predicted octanol–water partition coefficient (Wildman–Crippen LogP) is 2.63. The van der Waals surface area contributed by atoms with Gasteiger partial charge < -0.3 is 10.3 Å². The van der Waals surface area contributed by atoms with E-state index in [0.29, 0.717) is 12.3 Å². The van der Waals surface area contributed by atoms with E-state index in [1.807, 2.05) is 12.3 Å². The van der Waals surface area contributed by atoms with Crippen LogP contribution < -0.4 is 5.32 Å². The molecule has 0 aromatic carbocycles. The summed E-state index contributed by atoms with van der Waals surface area (Å²) in [6.07, 6.45) is 7.72. The lowest BCUT2D eigenvalue weighted by atomic mass is 9.90. The van der Waals surface area contributed by atoms with E-state index < -0.39 is 0 Å². The summed E-state index contributed by atoms with van der Waals surface area (Å²) < 4.78 is 0. The minimum Gasteiger partial charge on any atom is -0.388 e. The van der Waals surface area contributed by atoms with Gasteiger partial charge in [0.1, 0.15) is 0 Å². The Morgan fingerprint density at radius 3 is 3.15 bits per heavy atom. The minimum absolute atomic E-state index is 0.221. The van der Waals surface area contributed by atoms with Crippen molar-refractivity contribution in [2.24, 2.45) is 0 Å². The average Bonchev–Trinajstić information content (AvgIpc) is 3.11. The Kier molecular flexibility index (Phi) is 3.97. The van der Waals surface area contributed by atoms with Gasteiger partial charge in [-0.15, -0.1) is 11.3 Å². The van der Waals surface area contributed by atoms with Crippen LogP contribution in [0.4, 0.5) is 0 Å². The first-order valence-corrected chi connectivity index (χ1v) is 7.67. The molecular weight excluding hydrogens is 270 g/mol. The summed E-state index contributed by atoms with van der Waals surface area (Å²) in [5.41, 5.74) is 2.16. The SMILES string of the molecule is O=C1C=C(NCCc2cnc[nH]2)C[C@H](c2cccs2)C1. The number of hydrogen-bond donors (Lipinski definition) is 2. The normalized spacial score (nSPS) is 18.9. The van der Waals surface area contributed by atoms with Crippen LogP contribution in [0.25, 0.3) is 0 Å². The van der Waals surface area contributed by atoms with Gasteiger partial charge in [0.25, 0.3) is 0 Å². The van der Waals surface area contributed by atoms with Gasteiger partial charge in [-0.1, -0.05) is 6.07 Å². The summed E-state index contributed by atoms with van der Waals surface area (Å²) >= 11 is 1.73. The summed E-state index contributed by atoms with van der Waals surface area (Å²) in [7, 11) is 0. The molecule has 0 saturated heterocycles. The van der Waals surface area contributed by atoms with E-state index in [1.54, 1.807) is 23.7 Å². The van der Waals surface area contributed by atoms with Crippen molar-refractivity contribution in [3.63, 3.8) is 0 Å². The standard InChI is InChI=1S/C15H17N3OS/c19-14-7-11(15-2-1-5-20-15)6-13(8-14)17-4-3-12-9-16-10-18-12/h1-2,5,8-11,17H,3-4,6-7H2,(H,16,18)/t11-/m0/s1. The van der Waals surface area contributed by atoms with Gasteiger partial charge in [0.15, 0.2) is 5.78 Å². The molecular formula is C15H17N3OS. The zero-order valence-electron chi connectivity index (χ0n) is 11.1. The number of H-pyrrole nitrogens is 1. The number of carbonyl (C=O) groups excluding carboxylic acids is 1. The smallest absolute Gasteiger partial charge is 0.158 e. The largest absolute Gasteiger partial charge is 0.388 e. The third-order valence-corrected chi connectivity index (χ3v) is 4.53. The van der Waals surface area contributed by atoms with Gasteiger partial charge in [-0.2, -0.15) is 0 Å². The molecule has 0 bridgehead atoms. The molecule has 2 aromatic heterocycles. The molecule has 0 unspecified atom stereocenters. The van der Waals surface area contributed by atoms with Crippen molar-refractivity contribution in [3.05, 3.63) is 52.4 Å². The maximum absolute atomic E-state index is 11.8. The number of rotatable bonds is 5. The minimum atomic E-state index is 0.221. The van der Waals surface area contributed by atoms with Gasteiger partial charge in [-0.05, 0) is 17.9 Å². The van der Waals surface area contributed by atoms with E-state index in [4.69, 9.17) is 0 Å². The first-order chi connectivity index (χ1) is 9.81. The third kappa shape index (κ3) is 3.17. The number of aromatic amines is 1. The number of nitrogens with one attached hydrogen (secondary N) is 2. The van der Waals surface area contributed by atoms with Gasteiger partial charge in [0.2, 0.25) is 0 Å². The fourth-order valence-electron chi connectivity index (χ4n) is 2.52. The monoisotopic (exact) mass is 287 g/mol. The summed E-state index contributed by atoms with van der Waals surface area (Å²) in [6.45, 7) is 0.818. The maximum atomic E-state index is 11.8. The summed E-state index contributed by atoms with van der Waals surface area (Å²) in [5, 5.41) is 5.45. The Morgan fingerprint density at radius 1 is 1.45 bits per heavy atom. The summed E-state index contributed by atoms with van der Waals surface area (Å²) in [5.74, 6) is 0.556. The van der Waals surface area contributed by atoms with Crippen LogP contribution in [0, 0.1) is 0 Å². The second kappa shape index (κ2) is 6.05. The molecule has 0 aliphatic heterocycles. The van der Waals surface area contributed by atoms with Crippen LogP contribution in [0.2, 0.25) is 0 Å². The van der Waals surface area contributed by atoms with Crippen LogP contribution >= 0.6 is 11.3 Å². The van der Waals surface area contributed by atoms with E-state index in [9.17, 15) is 4.79 Å². The van der Waals surface area contributed by atoms with Crippen LogP contribution in [0.1, 0.15) is 29.3 Å². The highest BCUT2D eigenvalue weighted by Gasteiger charge is 2.22. The van der Waals surface area contributed by atoms with E-state index in [1.165, 1.54) is 4.88 Å². The molecule has 2 N–H and O–H groups in total. The number of hydrogen-bond acceptors (Lipinski definition) is 4. The Hall–Kier alpha value is -1.88. The molecule has 1 atom stereocenters. The lowest BCUT2D eigenvalue weighted by molar-refractivity contribution is -0.115. The second-order valence-electron chi connectivity index (χ2n) is 5.01. The highest BCUT2D eigenvalue weighted by molar-refractivity contribution is 7.10. The van der Waals surface area contributed by atoms with E-state index >= 15 is 0 Å². The molecule has 5 heteroatoms. The zero-order valence-corrected chi connectivity index (χ0v) is 12.0. The Labute approximate surface area is 121 Å². The molecule has 0 amide bonds. The molecule has 0 saturated carbocycles. The molecule has 1 aliphatic carbocycles. The van der Waals surface area contributed by atoms with E-state index in [-0.39, 0.29) is 5.78 Å². The second-order valence-corrected chi connectivity index (χ2v) is 5.99. The van der Waals surface area contributed by atoms with Crippen molar-refractivity contribution < 1.29 is 4.79 Å². The quantitative estimate of drug-likeness (QED) is 0.889. The number of imidazole rings is 1. The van der Waals surface area contributed by atoms with E-state index in [0.717, 1.165) is 30.8 Å². The first kappa shape index (κ1) is 13.1. The van der Waals surface area contributed by atoms with Crippen LogP contribution in [0.15, 0.2) is 41.8 Å². The Bertz CT molecular complexity index is 587. The first-order valence-electron chi connectivity index (χ1n) is 6.79. The van der Waals surface area contributed by atoms with Crippen molar-refractivity contribution in [3.8, 4) is 0 Å². The topological polar surface area (TPSA) is 57.8 Å². The lowest BCUT2D eigenvalue weighted by Crippen LogP contribution is -2.23. The van der Waals surface area contributed by atoms with Crippen LogP contribution in [0.5, 0.6) is 0 Å². The molecule has 4 nitrogen and oxygen atoms in total. The number of allylic oxidation sites excluding steroid dienone is 2. The van der Waals surface area contributed by atoms with Gasteiger partial charge in [0.05, 0.1) is 6.33 Å². The molecule has 0 spiro atoms. The van der Waals surface area contributed by atoms with Crippen molar-refractivity contribution >= 4 is 17.1 Å². The summed E-state index contributed by atoms with van der Waals surface area (Å²) in [6, 6.07) is 4.17. The average molecular weight is 287 g/mol. The van der Waals surface area contributed by atoms with Crippen LogP contribution in [-0.2, 0) is 11.2 Å². The highest BCUT2D eigenvalue weighted by Crippen LogP contribution is 2.32. The fraction of sp³-hybridized carbons (Fsp3) is 0.333. The predicted molar refractivity (Wildman–Crippen MR) is 79.7 cm³/mol. The van der Waals surface area contributed by atoms with Crippen molar-refractivity contribution in [2.45, 2.75) is 25.2 Å². The Balaban J connectivity index is 1.57. The molecule has 20 heavy (non-hydrogen) atoms. The van der Waals surface area contributed by atoms with Crippen molar-refractivity contribution in [1.82, 2.24) is 15.3 Å².